The number of sulfonamides is 1. The number of halogens is 3. The fraction of sp³-hybridized carbons (Fsp3) is 0.278. The van der Waals surface area contributed by atoms with Gasteiger partial charge in [-0.25, -0.2) is 8.42 Å². The molecule has 0 spiro atoms. The fourth-order valence-electron chi connectivity index (χ4n) is 5.05. The lowest BCUT2D eigenvalue weighted by atomic mass is 10.0. The van der Waals surface area contributed by atoms with Gasteiger partial charge in [-0.1, -0.05) is 85.0 Å². The predicted molar refractivity (Wildman–Crippen MR) is 194 cm³/mol. The first kappa shape index (κ1) is 37.9. The Labute approximate surface area is 302 Å². The summed E-state index contributed by atoms with van der Waals surface area (Å²) < 4.78 is 40.4. The van der Waals surface area contributed by atoms with Gasteiger partial charge in [0, 0.05) is 40.6 Å². The molecule has 0 unspecified atom stereocenters. The van der Waals surface area contributed by atoms with Crippen molar-refractivity contribution in [3.05, 3.63) is 117 Å². The summed E-state index contributed by atoms with van der Waals surface area (Å²) in [6.45, 7) is 3.54. The summed E-state index contributed by atoms with van der Waals surface area (Å²) in [5.41, 5.74) is 1.51. The zero-order valence-electron chi connectivity index (χ0n) is 27.5. The van der Waals surface area contributed by atoms with Gasteiger partial charge in [0.1, 0.15) is 12.6 Å². The lowest BCUT2D eigenvalue weighted by Crippen LogP contribution is -2.53. The summed E-state index contributed by atoms with van der Waals surface area (Å²) in [6, 6.07) is 23.3. The quantitative estimate of drug-likeness (QED) is 0.137. The minimum absolute atomic E-state index is 0.105. The Morgan fingerprint density at radius 3 is 2.08 bits per heavy atom. The van der Waals surface area contributed by atoms with Crippen molar-refractivity contribution in [2.24, 2.45) is 5.92 Å². The lowest BCUT2D eigenvalue weighted by Gasteiger charge is -2.34. The highest BCUT2D eigenvalue weighted by molar-refractivity contribution is 7.92. The molecule has 4 aromatic carbocycles. The topological polar surface area (TPSA) is 105 Å². The van der Waals surface area contributed by atoms with E-state index in [-0.39, 0.29) is 35.2 Å². The Balaban J connectivity index is 1.84. The molecule has 0 aliphatic carbocycles. The van der Waals surface area contributed by atoms with Gasteiger partial charge in [0.05, 0.1) is 24.8 Å². The van der Waals surface area contributed by atoms with Crippen LogP contribution in [0, 0.1) is 5.92 Å². The number of ether oxygens (including phenoxy) is 2. The zero-order chi connectivity index (χ0) is 35.7. The molecule has 4 rings (SSSR count). The van der Waals surface area contributed by atoms with E-state index in [2.05, 4.69) is 5.32 Å². The third-order valence-corrected chi connectivity index (χ3v) is 10.3. The molecule has 4 aromatic rings. The second-order valence-corrected chi connectivity index (χ2v) is 14.7. The molecule has 0 bridgehead atoms. The third-order valence-electron chi connectivity index (χ3n) is 7.65. The van der Waals surface area contributed by atoms with Gasteiger partial charge in [-0.3, -0.25) is 13.9 Å². The van der Waals surface area contributed by atoms with Crippen LogP contribution in [0.1, 0.15) is 25.0 Å². The van der Waals surface area contributed by atoms with E-state index >= 15 is 0 Å². The predicted octanol–water partition coefficient (Wildman–Crippen LogP) is 7.27. The summed E-state index contributed by atoms with van der Waals surface area (Å²) in [5, 5.41) is 4.03. The van der Waals surface area contributed by atoms with E-state index in [0.29, 0.717) is 32.9 Å². The van der Waals surface area contributed by atoms with Crippen LogP contribution in [-0.2, 0) is 32.6 Å². The fourth-order valence-corrected chi connectivity index (χ4v) is 7.07. The Bertz CT molecular complexity index is 1860. The van der Waals surface area contributed by atoms with E-state index in [1.54, 1.807) is 18.2 Å². The van der Waals surface area contributed by atoms with Crippen molar-refractivity contribution in [1.82, 2.24) is 10.2 Å². The van der Waals surface area contributed by atoms with Crippen LogP contribution in [0.15, 0.2) is 95.9 Å². The number of carbonyl (C=O) groups is 2. The number of anilines is 1. The van der Waals surface area contributed by atoms with Crippen LogP contribution in [0.3, 0.4) is 0 Å². The summed E-state index contributed by atoms with van der Waals surface area (Å²) in [5.74, 6) is -0.377. The molecule has 9 nitrogen and oxygen atoms in total. The minimum Gasteiger partial charge on any atom is -0.493 e. The maximum atomic E-state index is 14.7. The Hall–Kier alpha value is -3.96. The van der Waals surface area contributed by atoms with Gasteiger partial charge in [0.25, 0.3) is 10.0 Å². The number of nitrogens with one attached hydrogen (secondary N) is 1. The van der Waals surface area contributed by atoms with E-state index in [0.717, 1.165) is 9.87 Å². The number of hydrogen-bond donors (Lipinski definition) is 1. The third kappa shape index (κ3) is 9.82. The van der Waals surface area contributed by atoms with Crippen molar-refractivity contribution in [2.45, 2.75) is 37.8 Å². The van der Waals surface area contributed by atoms with E-state index in [4.69, 9.17) is 44.3 Å². The molecule has 0 saturated heterocycles. The molecule has 13 heteroatoms. The van der Waals surface area contributed by atoms with Gasteiger partial charge in [-0.05, 0) is 65.6 Å². The van der Waals surface area contributed by atoms with Crippen LogP contribution in [0.5, 0.6) is 11.5 Å². The van der Waals surface area contributed by atoms with Crippen LogP contribution in [0.2, 0.25) is 15.1 Å². The van der Waals surface area contributed by atoms with Gasteiger partial charge in [0.2, 0.25) is 11.8 Å². The molecule has 260 valence electrons. The summed E-state index contributed by atoms with van der Waals surface area (Å²) >= 11 is 18.9. The molecule has 0 aliphatic heterocycles. The largest absolute Gasteiger partial charge is 0.493 e. The van der Waals surface area contributed by atoms with Crippen LogP contribution in [0.25, 0.3) is 0 Å². The Kier molecular flexibility index (Phi) is 13.2. The normalized spacial score (nSPS) is 11.9. The minimum atomic E-state index is -4.40. The zero-order valence-corrected chi connectivity index (χ0v) is 30.6. The number of carbonyl (C=O) groups excluding carboxylic acids is 2. The Morgan fingerprint density at radius 2 is 1.47 bits per heavy atom. The maximum Gasteiger partial charge on any atom is 0.264 e. The molecular weight excluding hydrogens is 709 g/mol. The summed E-state index contributed by atoms with van der Waals surface area (Å²) in [6.07, 6.45) is 0.158. The molecule has 49 heavy (non-hydrogen) atoms. The molecule has 1 N–H and O–H groups in total. The second kappa shape index (κ2) is 17.1. The number of benzene rings is 4. The first-order chi connectivity index (χ1) is 23.3. The van der Waals surface area contributed by atoms with Crippen molar-refractivity contribution in [3.8, 4) is 11.5 Å². The van der Waals surface area contributed by atoms with Gasteiger partial charge in [-0.2, -0.15) is 0 Å². The summed E-state index contributed by atoms with van der Waals surface area (Å²) in [4.78, 5) is 29.8. The molecule has 0 aromatic heterocycles. The average Bonchev–Trinajstić information content (AvgIpc) is 3.08. The van der Waals surface area contributed by atoms with E-state index in [9.17, 15) is 18.0 Å². The van der Waals surface area contributed by atoms with Crippen molar-refractivity contribution >= 4 is 62.3 Å². The molecule has 1 atom stereocenters. The molecular formula is C36H38Cl3N3O6S. The molecule has 2 amide bonds. The smallest absolute Gasteiger partial charge is 0.264 e. The highest BCUT2D eigenvalue weighted by Gasteiger charge is 2.35. The van der Waals surface area contributed by atoms with Crippen molar-refractivity contribution in [2.75, 3.05) is 31.6 Å². The number of nitrogens with zero attached hydrogens (tertiary/aromatic N) is 2. The van der Waals surface area contributed by atoms with E-state index < -0.39 is 34.4 Å². The molecule has 0 radical (unpaired) electrons. The van der Waals surface area contributed by atoms with Gasteiger partial charge < -0.3 is 19.7 Å². The van der Waals surface area contributed by atoms with Crippen LogP contribution in [0.4, 0.5) is 5.69 Å². The molecule has 0 heterocycles. The number of methoxy groups -OCH3 is 2. The van der Waals surface area contributed by atoms with Crippen LogP contribution < -0.4 is 19.1 Å². The number of amides is 2. The number of hydrogen-bond acceptors (Lipinski definition) is 6. The second-order valence-electron chi connectivity index (χ2n) is 11.6. The highest BCUT2D eigenvalue weighted by Crippen LogP contribution is 2.33. The standard InChI is InChI=1S/C36H38Cl3N3O6S/c1-24(2)21-40-36(44)32(18-25-8-6-5-7-9-25)41(22-26-10-11-28(38)19-31(26)39)35(43)23-42(29-14-12-27(37)13-15-29)49(45,46)30-16-17-33(47-3)34(20-30)48-4/h5-17,19-20,24,32H,18,21-23H2,1-4H3,(H,40,44)/t32-/m1/s1. The van der Waals surface area contributed by atoms with Gasteiger partial charge in [0.15, 0.2) is 11.5 Å². The van der Waals surface area contributed by atoms with E-state index in [1.807, 2.05) is 44.2 Å². The van der Waals surface area contributed by atoms with Crippen molar-refractivity contribution in [1.29, 1.82) is 0 Å². The Morgan fingerprint density at radius 1 is 0.816 bits per heavy atom. The highest BCUT2D eigenvalue weighted by atomic mass is 35.5. The SMILES string of the molecule is COc1ccc(S(=O)(=O)N(CC(=O)N(Cc2ccc(Cl)cc2Cl)[C@H](Cc2ccccc2)C(=O)NCC(C)C)c2ccc(Cl)cc2)cc1OC. The van der Waals surface area contributed by atoms with Gasteiger partial charge in [-0.15, -0.1) is 0 Å². The van der Waals surface area contributed by atoms with Gasteiger partial charge >= 0.3 is 0 Å². The average molecular weight is 747 g/mol. The summed E-state index contributed by atoms with van der Waals surface area (Å²) in [7, 11) is -1.57. The first-order valence-electron chi connectivity index (χ1n) is 15.4. The lowest BCUT2D eigenvalue weighted by molar-refractivity contribution is -0.140. The van der Waals surface area contributed by atoms with Crippen LogP contribution >= 0.6 is 34.8 Å². The molecule has 0 fully saturated rings. The number of rotatable bonds is 15. The van der Waals surface area contributed by atoms with Crippen molar-refractivity contribution in [3.63, 3.8) is 0 Å². The maximum absolute atomic E-state index is 14.7. The monoisotopic (exact) mass is 745 g/mol. The van der Waals surface area contributed by atoms with Crippen LogP contribution in [-0.4, -0.2) is 58.5 Å². The van der Waals surface area contributed by atoms with Crippen molar-refractivity contribution < 1.29 is 27.5 Å². The first-order valence-corrected chi connectivity index (χ1v) is 18.0. The molecule has 0 saturated carbocycles. The molecule has 0 aliphatic rings. The van der Waals surface area contributed by atoms with E-state index in [1.165, 1.54) is 61.6 Å².